The highest BCUT2D eigenvalue weighted by molar-refractivity contribution is 5.84. The zero-order valence-corrected chi connectivity index (χ0v) is 14.3. The second kappa shape index (κ2) is 5.95. The lowest BCUT2D eigenvalue weighted by Crippen LogP contribution is -2.38. The second-order valence-electron chi connectivity index (χ2n) is 7.50. The number of aromatic amines is 1. The Morgan fingerprint density at radius 2 is 1.96 bits per heavy atom. The SMILES string of the molecule is O=c1ccn(-c2noc3ccc(CC4C[C@H]5CC[C@@H](C4)N5)cc23)c(=O)[nH]1. The molecule has 2 fully saturated rings. The van der Waals surface area contributed by atoms with Gasteiger partial charge < -0.3 is 9.84 Å². The van der Waals surface area contributed by atoms with Gasteiger partial charge in [0.15, 0.2) is 11.4 Å². The van der Waals surface area contributed by atoms with Crippen LogP contribution in [0.3, 0.4) is 0 Å². The van der Waals surface area contributed by atoms with E-state index in [1.807, 2.05) is 6.07 Å². The molecule has 3 atom stereocenters. The zero-order valence-electron chi connectivity index (χ0n) is 14.3. The molecule has 1 aromatic carbocycles. The molecule has 2 N–H and O–H groups in total. The number of benzene rings is 1. The predicted octanol–water partition coefficient (Wildman–Crippen LogP) is 1.74. The first-order valence-corrected chi connectivity index (χ1v) is 9.12. The summed E-state index contributed by atoms with van der Waals surface area (Å²) in [6.45, 7) is 0. The van der Waals surface area contributed by atoms with Crippen LogP contribution in [0.2, 0.25) is 0 Å². The van der Waals surface area contributed by atoms with Gasteiger partial charge in [-0.1, -0.05) is 11.2 Å². The van der Waals surface area contributed by atoms with Crippen molar-refractivity contribution in [2.75, 3.05) is 0 Å². The third kappa shape index (κ3) is 2.68. The van der Waals surface area contributed by atoms with Crippen LogP contribution in [0.1, 0.15) is 31.2 Å². The van der Waals surface area contributed by atoms with Crippen LogP contribution >= 0.6 is 0 Å². The summed E-state index contributed by atoms with van der Waals surface area (Å²) < 4.78 is 6.67. The van der Waals surface area contributed by atoms with Crippen molar-refractivity contribution in [1.29, 1.82) is 0 Å². The lowest BCUT2D eigenvalue weighted by atomic mass is 9.87. The third-order valence-electron chi connectivity index (χ3n) is 5.66. The molecule has 0 amide bonds. The number of aromatic nitrogens is 3. The van der Waals surface area contributed by atoms with Gasteiger partial charge in [-0.15, -0.1) is 0 Å². The first kappa shape index (κ1) is 15.6. The van der Waals surface area contributed by atoms with Crippen LogP contribution in [-0.2, 0) is 6.42 Å². The Labute approximate surface area is 149 Å². The van der Waals surface area contributed by atoms with Crippen molar-refractivity contribution in [2.24, 2.45) is 5.92 Å². The van der Waals surface area contributed by atoms with E-state index in [2.05, 4.69) is 27.6 Å². The summed E-state index contributed by atoms with van der Waals surface area (Å²) in [7, 11) is 0. The molecule has 0 saturated carbocycles. The fraction of sp³-hybridized carbons (Fsp3) is 0.421. The average Bonchev–Trinajstić information content (AvgIpc) is 3.18. The van der Waals surface area contributed by atoms with Crippen molar-refractivity contribution in [3.63, 3.8) is 0 Å². The van der Waals surface area contributed by atoms with Gasteiger partial charge in [-0.3, -0.25) is 9.78 Å². The molecule has 0 radical (unpaired) electrons. The van der Waals surface area contributed by atoms with Crippen molar-refractivity contribution >= 4 is 11.0 Å². The first-order valence-electron chi connectivity index (χ1n) is 9.12. The molecule has 5 rings (SSSR count). The van der Waals surface area contributed by atoms with Gasteiger partial charge in [0, 0.05) is 24.3 Å². The molecular formula is C19H20N4O3. The van der Waals surface area contributed by atoms with E-state index in [0.29, 0.717) is 29.4 Å². The van der Waals surface area contributed by atoms with Crippen molar-refractivity contribution < 1.29 is 4.52 Å². The summed E-state index contributed by atoms with van der Waals surface area (Å²) in [5.41, 5.74) is 0.909. The Hall–Kier alpha value is -2.67. The highest BCUT2D eigenvalue weighted by atomic mass is 16.5. The molecule has 7 nitrogen and oxygen atoms in total. The van der Waals surface area contributed by atoms with Crippen LogP contribution in [0.15, 0.2) is 44.6 Å². The largest absolute Gasteiger partial charge is 0.354 e. The van der Waals surface area contributed by atoms with Crippen LogP contribution in [-0.4, -0.2) is 26.8 Å². The zero-order chi connectivity index (χ0) is 17.7. The van der Waals surface area contributed by atoms with E-state index < -0.39 is 11.2 Å². The summed E-state index contributed by atoms with van der Waals surface area (Å²) in [5.74, 6) is 1.10. The fourth-order valence-corrected chi connectivity index (χ4v) is 4.53. The molecule has 7 heteroatoms. The molecule has 26 heavy (non-hydrogen) atoms. The number of hydrogen-bond donors (Lipinski definition) is 2. The maximum absolute atomic E-state index is 12.1. The van der Waals surface area contributed by atoms with E-state index in [9.17, 15) is 9.59 Å². The summed E-state index contributed by atoms with van der Waals surface area (Å²) in [5, 5.41) is 8.50. The van der Waals surface area contributed by atoms with Gasteiger partial charge in [0.1, 0.15) is 0 Å². The van der Waals surface area contributed by atoms with Crippen molar-refractivity contribution in [3.05, 3.63) is 56.9 Å². The molecule has 0 spiro atoms. The summed E-state index contributed by atoms with van der Waals surface area (Å²) in [6, 6.07) is 8.70. The molecule has 2 aliphatic rings. The van der Waals surface area contributed by atoms with Crippen molar-refractivity contribution in [2.45, 2.75) is 44.2 Å². The number of hydrogen-bond acceptors (Lipinski definition) is 5. The maximum Gasteiger partial charge on any atom is 0.334 e. The minimum absolute atomic E-state index is 0.411. The highest BCUT2D eigenvalue weighted by Gasteiger charge is 2.33. The molecule has 0 aliphatic carbocycles. The molecule has 3 aromatic rings. The quantitative estimate of drug-likeness (QED) is 0.749. The summed E-state index contributed by atoms with van der Waals surface area (Å²) in [4.78, 5) is 25.6. The van der Waals surface area contributed by atoms with Crippen molar-refractivity contribution in [3.8, 4) is 5.82 Å². The molecule has 4 heterocycles. The summed E-state index contributed by atoms with van der Waals surface area (Å²) >= 11 is 0. The lowest BCUT2D eigenvalue weighted by molar-refractivity contribution is 0.298. The number of piperidine rings is 1. The van der Waals surface area contributed by atoms with Gasteiger partial charge in [-0.2, -0.15) is 0 Å². The second-order valence-corrected chi connectivity index (χ2v) is 7.50. The standard InChI is InChI=1S/C19H20N4O3/c24-17-5-6-23(19(25)21-17)18-15-10-11(1-4-16(15)26-22-18)7-12-8-13-2-3-14(9-12)20-13/h1,4-6,10,12-14,20H,2-3,7-9H2,(H,21,24,25)/t12?,13-,14+. The minimum atomic E-state index is -0.520. The normalized spacial score (nSPS) is 25.0. The van der Waals surface area contributed by atoms with E-state index in [4.69, 9.17) is 4.52 Å². The Kier molecular flexibility index (Phi) is 3.56. The maximum atomic E-state index is 12.1. The number of nitrogens with one attached hydrogen (secondary N) is 2. The third-order valence-corrected chi connectivity index (χ3v) is 5.66. The molecule has 2 aromatic heterocycles. The van der Waals surface area contributed by atoms with E-state index >= 15 is 0 Å². The lowest BCUT2D eigenvalue weighted by Gasteiger charge is -2.29. The van der Waals surface area contributed by atoms with Gasteiger partial charge in [0.2, 0.25) is 0 Å². The van der Waals surface area contributed by atoms with E-state index in [0.717, 1.165) is 11.8 Å². The Morgan fingerprint density at radius 3 is 2.73 bits per heavy atom. The van der Waals surface area contributed by atoms with Gasteiger partial charge in [0.05, 0.1) is 5.39 Å². The van der Waals surface area contributed by atoms with Gasteiger partial charge >= 0.3 is 5.69 Å². The predicted molar refractivity (Wildman–Crippen MR) is 96.6 cm³/mol. The van der Waals surface area contributed by atoms with E-state index in [-0.39, 0.29) is 0 Å². The number of H-pyrrole nitrogens is 1. The summed E-state index contributed by atoms with van der Waals surface area (Å²) in [6.07, 6.45) is 7.50. The van der Waals surface area contributed by atoms with Crippen LogP contribution < -0.4 is 16.6 Å². The number of nitrogens with zero attached hydrogens (tertiary/aromatic N) is 2. The Balaban J connectivity index is 1.49. The van der Waals surface area contributed by atoms with E-state index in [1.165, 1.54) is 48.1 Å². The topological polar surface area (TPSA) is 92.9 Å². The Bertz CT molecular complexity index is 1070. The smallest absolute Gasteiger partial charge is 0.334 e. The number of rotatable bonds is 3. The Morgan fingerprint density at radius 1 is 1.15 bits per heavy atom. The van der Waals surface area contributed by atoms with Crippen LogP contribution in [0.25, 0.3) is 16.8 Å². The van der Waals surface area contributed by atoms with Crippen molar-refractivity contribution in [1.82, 2.24) is 20.0 Å². The highest BCUT2D eigenvalue weighted by Crippen LogP contribution is 2.33. The average molecular weight is 352 g/mol. The number of fused-ring (bicyclic) bond motifs is 3. The van der Waals surface area contributed by atoms with Crippen LogP contribution in [0.4, 0.5) is 0 Å². The fourth-order valence-electron chi connectivity index (χ4n) is 4.53. The molecule has 2 bridgehead atoms. The van der Waals surface area contributed by atoms with Gasteiger partial charge in [0.25, 0.3) is 5.56 Å². The van der Waals surface area contributed by atoms with Crippen LogP contribution in [0, 0.1) is 5.92 Å². The first-order chi connectivity index (χ1) is 12.7. The molecule has 1 unspecified atom stereocenters. The van der Waals surface area contributed by atoms with Crippen LogP contribution in [0.5, 0.6) is 0 Å². The van der Waals surface area contributed by atoms with Gasteiger partial charge in [-0.05, 0) is 55.7 Å². The monoisotopic (exact) mass is 352 g/mol. The molecular weight excluding hydrogens is 332 g/mol. The molecule has 2 aliphatic heterocycles. The molecule has 2 saturated heterocycles. The molecule has 134 valence electrons. The van der Waals surface area contributed by atoms with Gasteiger partial charge in [-0.25, -0.2) is 9.36 Å². The van der Waals surface area contributed by atoms with E-state index in [1.54, 1.807) is 0 Å². The minimum Gasteiger partial charge on any atom is -0.354 e.